The van der Waals surface area contributed by atoms with E-state index >= 15 is 0 Å². The van der Waals surface area contributed by atoms with Crippen molar-refractivity contribution in [1.29, 1.82) is 0 Å². The molecule has 1 nitrogen and oxygen atoms in total. The maximum Gasteiger partial charge on any atom is 0.391 e. The summed E-state index contributed by atoms with van der Waals surface area (Å²) in [4.78, 5) is 0. The first-order chi connectivity index (χ1) is 9.47. The number of hydrogen-bond acceptors (Lipinski definition) is 1. The van der Waals surface area contributed by atoms with Gasteiger partial charge in [-0.3, -0.25) is 0 Å². The quantitative estimate of drug-likeness (QED) is 0.872. The highest BCUT2D eigenvalue weighted by Gasteiger charge is 2.43. The number of aliphatic hydroxyl groups is 1. The molecular weight excluding hydrogens is 265 g/mol. The van der Waals surface area contributed by atoms with Crippen molar-refractivity contribution in [3.8, 4) is 0 Å². The predicted molar refractivity (Wildman–Crippen MR) is 72.3 cm³/mol. The molecule has 112 valence electrons. The number of halogens is 3. The van der Waals surface area contributed by atoms with E-state index in [0.29, 0.717) is 19.3 Å². The van der Waals surface area contributed by atoms with Crippen LogP contribution in [-0.2, 0) is 6.42 Å². The van der Waals surface area contributed by atoms with Crippen LogP contribution in [-0.4, -0.2) is 17.4 Å². The second-order valence-corrected chi connectivity index (χ2v) is 5.76. The van der Waals surface area contributed by atoms with Crippen LogP contribution in [0.15, 0.2) is 30.3 Å². The van der Waals surface area contributed by atoms with Crippen LogP contribution in [0.1, 0.15) is 37.7 Å². The minimum Gasteiger partial charge on any atom is -0.393 e. The summed E-state index contributed by atoms with van der Waals surface area (Å²) in [6.45, 7) is 0. The Balaban J connectivity index is 1.84. The molecule has 3 atom stereocenters. The summed E-state index contributed by atoms with van der Waals surface area (Å²) < 4.78 is 38.2. The molecule has 3 unspecified atom stereocenters. The van der Waals surface area contributed by atoms with Gasteiger partial charge in [-0.1, -0.05) is 36.8 Å². The van der Waals surface area contributed by atoms with E-state index < -0.39 is 18.2 Å². The Morgan fingerprint density at radius 1 is 1.15 bits per heavy atom. The summed E-state index contributed by atoms with van der Waals surface area (Å²) in [5, 5.41) is 10.2. The molecule has 1 saturated carbocycles. The van der Waals surface area contributed by atoms with E-state index in [4.69, 9.17) is 0 Å². The van der Waals surface area contributed by atoms with Crippen LogP contribution in [0.2, 0.25) is 0 Å². The van der Waals surface area contributed by atoms with Crippen LogP contribution < -0.4 is 0 Å². The molecule has 1 N–H and O–H groups in total. The Morgan fingerprint density at radius 2 is 1.85 bits per heavy atom. The maximum atomic E-state index is 12.7. The topological polar surface area (TPSA) is 20.2 Å². The minimum absolute atomic E-state index is 0.0828. The van der Waals surface area contributed by atoms with Gasteiger partial charge in [-0.15, -0.1) is 0 Å². The Labute approximate surface area is 117 Å². The number of rotatable bonds is 4. The van der Waals surface area contributed by atoms with E-state index in [2.05, 4.69) is 0 Å². The largest absolute Gasteiger partial charge is 0.393 e. The van der Waals surface area contributed by atoms with E-state index in [1.807, 2.05) is 30.3 Å². The van der Waals surface area contributed by atoms with Crippen LogP contribution in [0, 0.1) is 11.8 Å². The van der Waals surface area contributed by atoms with Crippen molar-refractivity contribution in [2.45, 2.75) is 50.8 Å². The molecule has 0 aliphatic heterocycles. The summed E-state index contributed by atoms with van der Waals surface area (Å²) in [6.07, 6.45) is -1.91. The summed E-state index contributed by atoms with van der Waals surface area (Å²) >= 11 is 0. The van der Waals surface area contributed by atoms with Gasteiger partial charge in [0.2, 0.25) is 0 Å². The van der Waals surface area contributed by atoms with Crippen molar-refractivity contribution in [2.24, 2.45) is 11.8 Å². The first kappa shape index (κ1) is 15.4. The van der Waals surface area contributed by atoms with Gasteiger partial charge >= 0.3 is 6.18 Å². The molecule has 0 amide bonds. The normalized spacial score (nSPS) is 25.4. The van der Waals surface area contributed by atoms with Crippen LogP contribution in [0.4, 0.5) is 13.2 Å². The van der Waals surface area contributed by atoms with Crippen LogP contribution in [0.25, 0.3) is 0 Å². The summed E-state index contributed by atoms with van der Waals surface area (Å²) in [5.74, 6) is -1.44. The van der Waals surface area contributed by atoms with Crippen molar-refractivity contribution >= 4 is 0 Å². The summed E-state index contributed by atoms with van der Waals surface area (Å²) in [6, 6.07) is 9.75. The third-order valence-corrected chi connectivity index (χ3v) is 4.29. The number of aryl methyl sites for hydroxylation is 1. The highest BCUT2D eigenvalue weighted by Crippen LogP contribution is 2.41. The van der Waals surface area contributed by atoms with Gasteiger partial charge in [-0.05, 0) is 43.6 Å². The first-order valence-corrected chi connectivity index (χ1v) is 7.25. The molecule has 0 spiro atoms. The molecule has 1 aliphatic rings. The van der Waals surface area contributed by atoms with Gasteiger partial charge in [0.25, 0.3) is 0 Å². The fraction of sp³-hybridized carbons (Fsp3) is 0.625. The van der Waals surface area contributed by atoms with Crippen molar-refractivity contribution in [3.63, 3.8) is 0 Å². The lowest BCUT2D eigenvalue weighted by Gasteiger charge is -2.33. The lowest BCUT2D eigenvalue weighted by Crippen LogP contribution is -2.33. The SMILES string of the molecule is OC(CCc1ccccc1)C1CCCC(C(F)(F)F)C1. The maximum absolute atomic E-state index is 12.7. The van der Waals surface area contributed by atoms with E-state index in [9.17, 15) is 18.3 Å². The third kappa shape index (κ3) is 4.23. The molecule has 0 aromatic heterocycles. The van der Waals surface area contributed by atoms with E-state index in [-0.39, 0.29) is 18.8 Å². The number of aliphatic hydroxyl groups excluding tert-OH is 1. The van der Waals surface area contributed by atoms with E-state index in [0.717, 1.165) is 12.0 Å². The molecule has 1 aromatic rings. The van der Waals surface area contributed by atoms with Gasteiger partial charge < -0.3 is 5.11 Å². The predicted octanol–water partition coefficient (Wildman–Crippen LogP) is 4.35. The lowest BCUT2D eigenvalue weighted by atomic mass is 9.77. The van der Waals surface area contributed by atoms with Crippen molar-refractivity contribution in [3.05, 3.63) is 35.9 Å². The van der Waals surface area contributed by atoms with Gasteiger partial charge in [-0.25, -0.2) is 0 Å². The molecule has 2 rings (SSSR count). The van der Waals surface area contributed by atoms with Crippen LogP contribution in [0.3, 0.4) is 0 Å². The molecule has 20 heavy (non-hydrogen) atoms. The van der Waals surface area contributed by atoms with Gasteiger partial charge in [0.1, 0.15) is 0 Å². The zero-order chi connectivity index (χ0) is 14.6. The highest BCUT2D eigenvalue weighted by atomic mass is 19.4. The summed E-state index contributed by atoms with van der Waals surface area (Å²) in [5.41, 5.74) is 1.12. The zero-order valence-corrected chi connectivity index (χ0v) is 11.4. The molecular formula is C16H21F3O. The van der Waals surface area contributed by atoms with Crippen LogP contribution in [0.5, 0.6) is 0 Å². The molecule has 0 radical (unpaired) electrons. The highest BCUT2D eigenvalue weighted by molar-refractivity contribution is 5.14. The second kappa shape index (κ2) is 6.61. The molecule has 1 aromatic carbocycles. The second-order valence-electron chi connectivity index (χ2n) is 5.76. The van der Waals surface area contributed by atoms with E-state index in [1.54, 1.807) is 0 Å². The Morgan fingerprint density at radius 3 is 2.50 bits per heavy atom. The summed E-state index contributed by atoms with van der Waals surface area (Å²) in [7, 11) is 0. The molecule has 1 aliphatic carbocycles. The van der Waals surface area contributed by atoms with Gasteiger partial charge in [0, 0.05) is 0 Å². The molecule has 0 bridgehead atoms. The van der Waals surface area contributed by atoms with Crippen LogP contribution >= 0.6 is 0 Å². The number of benzene rings is 1. The molecule has 4 heteroatoms. The third-order valence-electron chi connectivity index (χ3n) is 4.29. The Bertz CT molecular complexity index is 402. The average Bonchev–Trinajstić information content (AvgIpc) is 2.45. The molecule has 0 saturated heterocycles. The fourth-order valence-electron chi connectivity index (χ4n) is 3.07. The van der Waals surface area contributed by atoms with Gasteiger partial charge in [-0.2, -0.15) is 13.2 Å². The molecule has 1 fully saturated rings. The zero-order valence-electron chi connectivity index (χ0n) is 11.4. The van der Waals surface area contributed by atoms with Gasteiger partial charge in [0.15, 0.2) is 0 Å². The number of hydrogen-bond donors (Lipinski definition) is 1. The molecule has 0 heterocycles. The van der Waals surface area contributed by atoms with Crippen molar-refractivity contribution in [1.82, 2.24) is 0 Å². The van der Waals surface area contributed by atoms with Gasteiger partial charge in [0.05, 0.1) is 12.0 Å². The van der Waals surface area contributed by atoms with Crippen molar-refractivity contribution in [2.75, 3.05) is 0 Å². The lowest BCUT2D eigenvalue weighted by molar-refractivity contribution is -0.188. The van der Waals surface area contributed by atoms with Crippen molar-refractivity contribution < 1.29 is 18.3 Å². The van der Waals surface area contributed by atoms with E-state index in [1.165, 1.54) is 0 Å². The Hall–Kier alpha value is -1.03. The first-order valence-electron chi connectivity index (χ1n) is 7.25. The fourth-order valence-corrected chi connectivity index (χ4v) is 3.07. The average molecular weight is 286 g/mol. The minimum atomic E-state index is -4.11. The monoisotopic (exact) mass is 286 g/mol. The smallest absolute Gasteiger partial charge is 0.391 e. The Kier molecular flexibility index (Phi) is 5.08. The standard InChI is InChI=1S/C16H21F3O/c17-16(18,19)14-8-4-7-13(11-14)15(20)10-9-12-5-2-1-3-6-12/h1-3,5-6,13-15,20H,4,7-11H2. The number of alkyl halides is 3.